The molecular weight excluding hydrogens is 309 g/mol. The van der Waals surface area contributed by atoms with Crippen LogP contribution in [0.2, 0.25) is 0 Å². The zero-order valence-corrected chi connectivity index (χ0v) is 12.3. The molecule has 1 aromatic rings. The van der Waals surface area contributed by atoms with E-state index >= 15 is 0 Å². The number of benzene rings is 1. The van der Waals surface area contributed by atoms with Crippen LogP contribution in [0.25, 0.3) is 0 Å². The Hall–Kier alpha value is -1.31. The second-order valence-electron chi connectivity index (χ2n) is 4.32. The number of carbonyl (C=O) groups excluding carboxylic acids is 1. The van der Waals surface area contributed by atoms with Gasteiger partial charge in [-0.1, -0.05) is 18.2 Å². The highest BCUT2D eigenvalue weighted by Crippen LogP contribution is 2.25. The van der Waals surface area contributed by atoms with Gasteiger partial charge in [-0.3, -0.25) is 4.79 Å². The average Bonchev–Trinajstić information content (AvgIpc) is 2.37. The SMILES string of the molecule is COCC(N)C(=O)Nc1ccccc1CCC(F)(F)F.Cl. The molecule has 1 unspecified atom stereocenters. The topological polar surface area (TPSA) is 64.3 Å². The maximum absolute atomic E-state index is 12.2. The number of methoxy groups -OCH3 is 1. The summed E-state index contributed by atoms with van der Waals surface area (Å²) in [7, 11) is 1.41. The number of hydrogen-bond acceptors (Lipinski definition) is 3. The van der Waals surface area contributed by atoms with E-state index in [4.69, 9.17) is 10.5 Å². The van der Waals surface area contributed by atoms with E-state index in [0.717, 1.165) is 0 Å². The van der Waals surface area contributed by atoms with Crippen molar-refractivity contribution in [3.05, 3.63) is 29.8 Å². The lowest BCUT2D eigenvalue weighted by Crippen LogP contribution is -2.39. The molecule has 0 saturated heterocycles. The monoisotopic (exact) mass is 326 g/mol. The summed E-state index contributed by atoms with van der Waals surface area (Å²) in [5.41, 5.74) is 6.31. The average molecular weight is 327 g/mol. The lowest BCUT2D eigenvalue weighted by atomic mass is 10.1. The molecule has 21 heavy (non-hydrogen) atoms. The Morgan fingerprint density at radius 2 is 2.00 bits per heavy atom. The van der Waals surface area contributed by atoms with Gasteiger partial charge in [0, 0.05) is 19.2 Å². The van der Waals surface area contributed by atoms with Crippen LogP contribution >= 0.6 is 12.4 Å². The van der Waals surface area contributed by atoms with E-state index in [1.54, 1.807) is 24.3 Å². The quantitative estimate of drug-likeness (QED) is 0.844. The number of amides is 1. The first kappa shape index (κ1) is 19.7. The lowest BCUT2D eigenvalue weighted by Gasteiger charge is -2.15. The number of nitrogens with one attached hydrogen (secondary N) is 1. The summed E-state index contributed by atoms with van der Waals surface area (Å²) in [6.45, 7) is 0.0382. The molecule has 0 radical (unpaired) electrons. The molecule has 0 bridgehead atoms. The molecule has 0 aliphatic heterocycles. The molecule has 0 aromatic heterocycles. The molecule has 0 aliphatic rings. The summed E-state index contributed by atoms with van der Waals surface area (Å²) in [6, 6.07) is 5.48. The van der Waals surface area contributed by atoms with Gasteiger partial charge in [0.1, 0.15) is 6.04 Å². The van der Waals surface area contributed by atoms with Crippen LogP contribution < -0.4 is 11.1 Å². The fourth-order valence-corrected chi connectivity index (χ4v) is 1.62. The Balaban J connectivity index is 0.00000400. The van der Waals surface area contributed by atoms with E-state index in [1.165, 1.54) is 7.11 Å². The molecule has 0 saturated carbocycles. The molecule has 1 atom stereocenters. The van der Waals surface area contributed by atoms with Crippen LogP contribution in [0, 0.1) is 0 Å². The van der Waals surface area contributed by atoms with Gasteiger partial charge in [-0.25, -0.2) is 0 Å². The van der Waals surface area contributed by atoms with Gasteiger partial charge < -0.3 is 15.8 Å². The van der Waals surface area contributed by atoms with Crippen molar-refractivity contribution in [2.24, 2.45) is 5.73 Å². The number of carbonyl (C=O) groups is 1. The van der Waals surface area contributed by atoms with Crippen molar-refractivity contribution in [2.45, 2.75) is 25.1 Å². The molecule has 0 spiro atoms. The molecule has 1 rings (SSSR count). The van der Waals surface area contributed by atoms with Gasteiger partial charge in [-0.05, 0) is 18.1 Å². The van der Waals surface area contributed by atoms with Gasteiger partial charge in [-0.15, -0.1) is 12.4 Å². The summed E-state index contributed by atoms with van der Waals surface area (Å²) >= 11 is 0. The first-order valence-electron chi connectivity index (χ1n) is 6.03. The molecule has 3 N–H and O–H groups in total. The summed E-state index contributed by atoms with van der Waals surface area (Å²) in [5, 5.41) is 2.52. The minimum absolute atomic E-state index is 0. The zero-order chi connectivity index (χ0) is 15.2. The Bertz CT molecular complexity index is 455. The number of nitrogens with two attached hydrogens (primary N) is 1. The lowest BCUT2D eigenvalue weighted by molar-refractivity contribution is -0.133. The van der Waals surface area contributed by atoms with E-state index in [0.29, 0.717) is 11.3 Å². The van der Waals surface area contributed by atoms with Gasteiger partial charge in [0.05, 0.1) is 6.61 Å². The highest BCUT2D eigenvalue weighted by atomic mass is 35.5. The number of aryl methyl sites for hydroxylation is 1. The van der Waals surface area contributed by atoms with Gasteiger partial charge >= 0.3 is 6.18 Å². The predicted molar refractivity (Wildman–Crippen MR) is 76.5 cm³/mol. The zero-order valence-electron chi connectivity index (χ0n) is 11.4. The molecule has 0 heterocycles. The first-order chi connectivity index (χ1) is 9.33. The third-order valence-electron chi connectivity index (χ3n) is 2.64. The molecule has 0 aliphatic carbocycles. The summed E-state index contributed by atoms with van der Waals surface area (Å²) in [4.78, 5) is 11.7. The van der Waals surface area contributed by atoms with E-state index < -0.39 is 24.5 Å². The van der Waals surface area contributed by atoms with Crippen molar-refractivity contribution in [1.82, 2.24) is 0 Å². The van der Waals surface area contributed by atoms with Gasteiger partial charge in [0.15, 0.2) is 0 Å². The molecule has 4 nitrogen and oxygen atoms in total. The standard InChI is InChI=1S/C13H17F3N2O2.ClH/c1-20-8-10(17)12(19)18-11-5-3-2-4-9(11)6-7-13(14,15)16;/h2-5,10H,6-8,17H2,1H3,(H,18,19);1H. The van der Waals surface area contributed by atoms with E-state index in [9.17, 15) is 18.0 Å². The van der Waals surface area contributed by atoms with Crippen molar-refractivity contribution in [1.29, 1.82) is 0 Å². The fraction of sp³-hybridized carbons (Fsp3) is 0.462. The van der Waals surface area contributed by atoms with Crippen molar-refractivity contribution in [3.8, 4) is 0 Å². The highest BCUT2D eigenvalue weighted by molar-refractivity contribution is 5.95. The Kier molecular flexibility index (Phi) is 8.31. The number of anilines is 1. The number of rotatable bonds is 6. The molecule has 1 amide bonds. The third-order valence-corrected chi connectivity index (χ3v) is 2.64. The summed E-state index contributed by atoms with van der Waals surface area (Å²) in [6.07, 6.45) is -5.37. The van der Waals surface area contributed by atoms with Crippen molar-refractivity contribution in [3.63, 3.8) is 0 Å². The highest BCUT2D eigenvalue weighted by Gasteiger charge is 2.27. The van der Waals surface area contributed by atoms with Crippen LogP contribution in [0.4, 0.5) is 18.9 Å². The number of para-hydroxylation sites is 1. The first-order valence-corrected chi connectivity index (χ1v) is 6.03. The fourth-order valence-electron chi connectivity index (χ4n) is 1.62. The molecule has 120 valence electrons. The minimum atomic E-state index is -4.23. The van der Waals surface area contributed by atoms with Gasteiger partial charge in [0.25, 0.3) is 0 Å². The van der Waals surface area contributed by atoms with E-state index in [-0.39, 0.29) is 25.4 Å². The van der Waals surface area contributed by atoms with Gasteiger partial charge in [0.2, 0.25) is 5.91 Å². The Labute approximate surface area is 127 Å². The maximum Gasteiger partial charge on any atom is 0.389 e. The molecular formula is C13H18ClF3N2O2. The maximum atomic E-state index is 12.2. The van der Waals surface area contributed by atoms with E-state index in [1.807, 2.05) is 0 Å². The van der Waals surface area contributed by atoms with Crippen LogP contribution in [-0.2, 0) is 16.0 Å². The normalized spacial score (nSPS) is 12.4. The second-order valence-corrected chi connectivity index (χ2v) is 4.32. The van der Waals surface area contributed by atoms with Crippen LogP contribution in [0.1, 0.15) is 12.0 Å². The van der Waals surface area contributed by atoms with Crippen molar-refractivity contribution in [2.75, 3.05) is 19.0 Å². The minimum Gasteiger partial charge on any atom is -0.383 e. The third kappa shape index (κ3) is 7.31. The summed E-state index contributed by atoms with van der Waals surface area (Å²) in [5.74, 6) is -0.494. The summed E-state index contributed by atoms with van der Waals surface area (Å²) < 4.78 is 41.5. The number of ether oxygens (including phenoxy) is 1. The van der Waals surface area contributed by atoms with Crippen LogP contribution in [0.3, 0.4) is 0 Å². The Morgan fingerprint density at radius 1 is 1.38 bits per heavy atom. The van der Waals surface area contributed by atoms with E-state index in [2.05, 4.69) is 5.32 Å². The Morgan fingerprint density at radius 3 is 2.57 bits per heavy atom. The van der Waals surface area contributed by atoms with Crippen LogP contribution in [0.15, 0.2) is 24.3 Å². The molecule has 1 aromatic carbocycles. The van der Waals surface area contributed by atoms with Crippen LogP contribution in [-0.4, -0.2) is 31.8 Å². The number of halogens is 4. The van der Waals surface area contributed by atoms with Crippen molar-refractivity contribution >= 4 is 24.0 Å². The van der Waals surface area contributed by atoms with Crippen LogP contribution in [0.5, 0.6) is 0 Å². The largest absolute Gasteiger partial charge is 0.389 e. The smallest absolute Gasteiger partial charge is 0.383 e. The number of hydrogen-bond donors (Lipinski definition) is 2. The second kappa shape index (κ2) is 8.86. The predicted octanol–water partition coefficient (Wildman–Crippen LogP) is 2.52. The molecule has 0 fully saturated rings. The number of alkyl halides is 3. The van der Waals surface area contributed by atoms with Crippen molar-refractivity contribution < 1.29 is 22.7 Å². The molecule has 8 heteroatoms. The van der Waals surface area contributed by atoms with Gasteiger partial charge in [-0.2, -0.15) is 13.2 Å².